The number of alkyl halides is 3. The number of rotatable bonds is 4. The van der Waals surface area contributed by atoms with E-state index in [9.17, 15) is 18.0 Å². The molecule has 1 unspecified atom stereocenters. The molecule has 1 aliphatic rings. The second kappa shape index (κ2) is 6.91. The Bertz CT molecular complexity index is 329. The van der Waals surface area contributed by atoms with Gasteiger partial charge in [0.25, 0.3) is 0 Å². The van der Waals surface area contributed by atoms with E-state index >= 15 is 0 Å². The Hall–Kier alpha value is -0.590. The summed E-state index contributed by atoms with van der Waals surface area (Å²) in [6, 6.07) is -0.0372. The molecule has 118 valence electrons. The van der Waals surface area contributed by atoms with Gasteiger partial charge in [-0.3, -0.25) is 0 Å². The van der Waals surface area contributed by atoms with Crippen molar-refractivity contribution in [2.75, 3.05) is 18.8 Å². The lowest BCUT2D eigenvalue weighted by atomic mass is 9.87. The van der Waals surface area contributed by atoms with Crippen molar-refractivity contribution < 1.29 is 18.0 Å². The second-order valence-electron chi connectivity index (χ2n) is 6.28. The first-order valence-electron chi connectivity index (χ1n) is 6.84. The lowest BCUT2D eigenvalue weighted by Gasteiger charge is -2.30. The first kappa shape index (κ1) is 17.5. The standard InChI is InChI=1S/C13H23F3N2OS/c1-12(2,3)9-10-5-4-7-18(10)11(19)17-6-8-20-13(14,15)16/h10H,4-9H2,1-3H3,(H,17,19). The fraction of sp³-hybridized carbons (Fsp3) is 0.923. The maximum absolute atomic E-state index is 12.0. The molecule has 1 atom stereocenters. The van der Waals surface area contributed by atoms with Crippen LogP contribution in [0.5, 0.6) is 0 Å². The maximum atomic E-state index is 12.0. The third-order valence-corrected chi connectivity index (χ3v) is 3.87. The normalized spacial score (nSPS) is 20.3. The number of amides is 2. The third-order valence-electron chi connectivity index (χ3n) is 3.13. The molecule has 2 amide bonds. The van der Waals surface area contributed by atoms with Crippen LogP contribution < -0.4 is 5.32 Å². The summed E-state index contributed by atoms with van der Waals surface area (Å²) in [7, 11) is 0. The largest absolute Gasteiger partial charge is 0.441 e. The summed E-state index contributed by atoms with van der Waals surface area (Å²) in [4.78, 5) is 13.8. The number of nitrogens with zero attached hydrogens (tertiary/aromatic N) is 1. The molecule has 1 heterocycles. The van der Waals surface area contributed by atoms with Gasteiger partial charge in [0.2, 0.25) is 0 Å². The first-order valence-corrected chi connectivity index (χ1v) is 7.82. The fourth-order valence-electron chi connectivity index (χ4n) is 2.45. The highest BCUT2D eigenvalue weighted by atomic mass is 32.2. The Balaban J connectivity index is 2.35. The molecule has 0 radical (unpaired) electrons. The monoisotopic (exact) mass is 312 g/mol. The zero-order valence-corrected chi connectivity index (χ0v) is 13.0. The van der Waals surface area contributed by atoms with Crippen LogP contribution in [0.2, 0.25) is 0 Å². The molecule has 1 rings (SSSR count). The third kappa shape index (κ3) is 6.72. The molecule has 0 bridgehead atoms. The molecule has 7 heteroatoms. The van der Waals surface area contributed by atoms with E-state index in [1.807, 2.05) is 0 Å². The number of likely N-dealkylation sites (tertiary alicyclic amines) is 1. The highest BCUT2D eigenvalue weighted by Gasteiger charge is 2.32. The Kier molecular flexibility index (Phi) is 6.04. The summed E-state index contributed by atoms with van der Waals surface area (Å²) in [6.45, 7) is 7.12. The number of carbonyl (C=O) groups is 1. The van der Waals surface area contributed by atoms with Crippen LogP contribution in [0.25, 0.3) is 0 Å². The topological polar surface area (TPSA) is 32.3 Å². The van der Waals surface area contributed by atoms with Gasteiger partial charge in [0.15, 0.2) is 0 Å². The predicted molar refractivity (Wildman–Crippen MR) is 75.7 cm³/mol. The molecule has 0 spiro atoms. The Morgan fingerprint density at radius 3 is 2.55 bits per heavy atom. The first-order chi connectivity index (χ1) is 9.08. The van der Waals surface area contributed by atoms with Gasteiger partial charge in [0.1, 0.15) is 0 Å². The van der Waals surface area contributed by atoms with E-state index in [4.69, 9.17) is 0 Å². The van der Waals surface area contributed by atoms with Gasteiger partial charge in [-0.2, -0.15) is 13.2 Å². The van der Waals surface area contributed by atoms with E-state index < -0.39 is 5.51 Å². The molecule has 0 aromatic rings. The lowest BCUT2D eigenvalue weighted by Crippen LogP contribution is -2.44. The summed E-state index contributed by atoms with van der Waals surface area (Å²) >= 11 is -0.104. The molecule has 1 fully saturated rings. The van der Waals surface area contributed by atoms with E-state index in [-0.39, 0.29) is 41.5 Å². The summed E-state index contributed by atoms with van der Waals surface area (Å²) in [5, 5.41) is 2.58. The van der Waals surface area contributed by atoms with E-state index in [0.717, 1.165) is 19.3 Å². The molecule has 1 saturated heterocycles. The van der Waals surface area contributed by atoms with E-state index in [0.29, 0.717) is 6.54 Å². The zero-order valence-electron chi connectivity index (χ0n) is 12.2. The zero-order chi connectivity index (χ0) is 15.4. The van der Waals surface area contributed by atoms with E-state index in [2.05, 4.69) is 26.1 Å². The van der Waals surface area contributed by atoms with Gasteiger partial charge in [0.05, 0.1) is 0 Å². The highest BCUT2D eigenvalue weighted by Crippen LogP contribution is 2.30. The SMILES string of the molecule is CC(C)(C)CC1CCCN1C(=O)NCCSC(F)(F)F. The van der Waals surface area contributed by atoms with Crippen molar-refractivity contribution in [3.8, 4) is 0 Å². The summed E-state index contributed by atoms with van der Waals surface area (Å²) < 4.78 is 35.9. The minimum absolute atomic E-state index is 0.0434. The number of hydrogen-bond acceptors (Lipinski definition) is 2. The van der Waals surface area contributed by atoms with Crippen molar-refractivity contribution in [2.24, 2.45) is 5.41 Å². The fourth-order valence-corrected chi connectivity index (χ4v) is 2.88. The molecule has 0 saturated carbocycles. The number of halogens is 3. The number of carbonyl (C=O) groups excluding carboxylic acids is 1. The summed E-state index contributed by atoms with van der Waals surface area (Å²) in [5.74, 6) is -0.146. The van der Waals surface area contributed by atoms with E-state index in [1.54, 1.807) is 4.90 Å². The smallest absolute Gasteiger partial charge is 0.337 e. The van der Waals surface area contributed by atoms with Gasteiger partial charge < -0.3 is 10.2 Å². The molecule has 3 nitrogen and oxygen atoms in total. The minimum Gasteiger partial charge on any atom is -0.337 e. The van der Waals surface area contributed by atoms with Crippen molar-refractivity contribution in [1.82, 2.24) is 10.2 Å². The average Bonchev–Trinajstić information content (AvgIpc) is 2.68. The highest BCUT2D eigenvalue weighted by molar-refractivity contribution is 8.00. The quantitative estimate of drug-likeness (QED) is 0.800. The van der Waals surface area contributed by atoms with E-state index in [1.165, 1.54) is 0 Å². The number of nitrogens with one attached hydrogen (secondary N) is 1. The van der Waals surface area contributed by atoms with Gasteiger partial charge in [-0.15, -0.1) is 0 Å². The number of hydrogen-bond donors (Lipinski definition) is 1. The van der Waals surface area contributed by atoms with Gasteiger partial charge in [0, 0.05) is 24.9 Å². The van der Waals surface area contributed by atoms with Crippen LogP contribution in [0.15, 0.2) is 0 Å². The maximum Gasteiger partial charge on any atom is 0.441 e. The molecular weight excluding hydrogens is 289 g/mol. The molecule has 0 aromatic carbocycles. The summed E-state index contributed by atoms with van der Waals surface area (Å²) in [6.07, 6.45) is 2.85. The van der Waals surface area contributed by atoms with Crippen LogP contribution in [0.3, 0.4) is 0 Å². The molecular formula is C13H23F3N2OS. The Morgan fingerprint density at radius 2 is 2.00 bits per heavy atom. The van der Waals surface area contributed by atoms with Crippen molar-refractivity contribution in [1.29, 1.82) is 0 Å². The minimum atomic E-state index is -4.23. The average molecular weight is 312 g/mol. The van der Waals surface area contributed by atoms with Crippen LogP contribution in [0, 0.1) is 5.41 Å². The van der Waals surface area contributed by atoms with Crippen molar-refractivity contribution in [3.05, 3.63) is 0 Å². The molecule has 0 aromatic heterocycles. The molecule has 20 heavy (non-hydrogen) atoms. The molecule has 1 N–H and O–H groups in total. The van der Waals surface area contributed by atoms with Gasteiger partial charge in [-0.25, -0.2) is 4.79 Å². The van der Waals surface area contributed by atoms with Crippen LogP contribution in [0.4, 0.5) is 18.0 Å². The van der Waals surface area contributed by atoms with Crippen LogP contribution in [-0.2, 0) is 0 Å². The van der Waals surface area contributed by atoms with Crippen LogP contribution >= 0.6 is 11.8 Å². The molecule has 1 aliphatic heterocycles. The predicted octanol–water partition coefficient (Wildman–Crippen LogP) is 3.85. The van der Waals surface area contributed by atoms with Gasteiger partial charge >= 0.3 is 11.5 Å². The Labute approximate surface area is 122 Å². The van der Waals surface area contributed by atoms with Gasteiger partial charge in [-0.1, -0.05) is 20.8 Å². The second-order valence-corrected chi connectivity index (χ2v) is 7.44. The lowest BCUT2D eigenvalue weighted by molar-refractivity contribution is -0.0327. The number of thioether (sulfide) groups is 1. The van der Waals surface area contributed by atoms with Crippen LogP contribution in [-0.4, -0.2) is 41.3 Å². The molecule has 0 aliphatic carbocycles. The van der Waals surface area contributed by atoms with Gasteiger partial charge in [-0.05, 0) is 36.4 Å². The van der Waals surface area contributed by atoms with Crippen molar-refractivity contribution in [3.63, 3.8) is 0 Å². The number of urea groups is 1. The van der Waals surface area contributed by atoms with Crippen molar-refractivity contribution in [2.45, 2.75) is 51.6 Å². The van der Waals surface area contributed by atoms with Crippen molar-refractivity contribution >= 4 is 17.8 Å². The van der Waals surface area contributed by atoms with Crippen LogP contribution in [0.1, 0.15) is 40.0 Å². The summed E-state index contributed by atoms with van der Waals surface area (Å²) in [5.41, 5.74) is -4.09. The Morgan fingerprint density at radius 1 is 1.35 bits per heavy atom.